The summed E-state index contributed by atoms with van der Waals surface area (Å²) in [4.78, 5) is 24.6. The lowest BCUT2D eigenvalue weighted by atomic mass is 9.91. The van der Waals surface area contributed by atoms with Crippen LogP contribution in [0.4, 0.5) is 4.39 Å². The molecule has 0 radical (unpaired) electrons. The number of aliphatic hydroxyl groups is 4. The van der Waals surface area contributed by atoms with Crippen LogP contribution >= 0.6 is 8.53 Å². The van der Waals surface area contributed by atoms with Crippen LogP contribution in [0.15, 0.2) is 0 Å². The maximum atomic E-state index is 15.1. The fourth-order valence-corrected chi connectivity index (χ4v) is 5.45. The molecular weight excluding hydrogens is 466 g/mol. The molecular formula is C19H32FN2O10P. The van der Waals surface area contributed by atoms with E-state index in [4.69, 9.17) is 18.5 Å². The van der Waals surface area contributed by atoms with Crippen molar-refractivity contribution in [1.29, 1.82) is 0 Å². The summed E-state index contributed by atoms with van der Waals surface area (Å²) in [5.74, 6) is -2.66. The molecule has 33 heavy (non-hydrogen) atoms. The first-order valence-corrected chi connectivity index (χ1v) is 12.2. The summed E-state index contributed by atoms with van der Waals surface area (Å²) in [6.45, 7) is -0.878. The van der Waals surface area contributed by atoms with Gasteiger partial charge in [-0.1, -0.05) is 12.8 Å². The fourth-order valence-electron chi connectivity index (χ4n) is 4.14. The number of hydrogen-bond donors (Lipinski definition) is 6. The summed E-state index contributed by atoms with van der Waals surface area (Å²) >= 11 is 0. The second kappa shape index (κ2) is 11.6. The Labute approximate surface area is 191 Å². The van der Waals surface area contributed by atoms with Gasteiger partial charge in [0, 0.05) is 18.5 Å². The van der Waals surface area contributed by atoms with E-state index in [1.54, 1.807) is 0 Å². The minimum atomic E-state index is -2.99. The van der Waals surface area contributed by atoms with Crippen molar-refractivity contribution in [3.05, 3.63) is 0 Å². The van der Waals surface area contributed by atoms with Crippen LogP contribution in [-0.2, 0) is 28.1 Å². The molecule has 190 valence electrons. The van der Waals surface area contributed by atoms with E-state index in [-0.39, 0.29) is 25.1 Å². The third-order valence-electron chi connectivity index (χ3n) is 6.18. The van der Waals surface area contributed by atoms with Gasteiger partial charge in [-0.3, -0.25) is 0 Å². The molecule has 0 spiro atoms. The molecule has 0 aromatic heterocycles. The number of rotatable bonds is 9. The summed E-state index contributed by atoms with van der Waals surface area (Å²) < 4.78 is 35.7. The molecule has 7 atom stereocenters. The van der Waals surface area contributed by atoms with Crippen LogP contribution in [-0.4, -0.2) is 101 Å². The van der Waals surface area contributed by atoms with Crippen LogP contribution in [0, 0.1) is 0 Å². The molecule has 3 aliphatic rings. The van der Waals surface area contributed by atoms with Gasteiger partial charge in [0.25, 0.3) is 0 Å². The quantitative estimate of drug-likeness (QED) is 0.127. The average molecular weight is 498 g/mol. The van der Waals surface area contributed by atoms with E-state index in [2.05, 4.69) is 10.4 Å². The van der Waals surface area contributed by atoms with E-state index in [0.29, 0.717) is 0 Å². The lowest BCUT2D eigenvalue weighted by molar-refractivity contribution is -0.301. The number of nitrogens with one attached hydrogen (secondary N) is 2. The minimum absolute atomic E-state index is 0.0745. The molecule has 1 saturated carbocycles. The summed E-state index contributed by atoms with van der Waals surface area (Å²) in [6, 6.07) is 0.0461. The van der Waals surface area contributed by atoms with Gasteiger partial charge in [0.2, 0.25) is 0 Å². The molecule has 0 amide bonds. The van der Waals surface area contributed by atoms with Crippen LogP contribution in [0.5, 0.6) is 0 Å². The number of halogens is 1. The predicted octanol–water partition coefficient (Wildman–Crippen LogP) is -1.26. The van der Waals surface area contributed by atoms with Gasteiger partial charge in [-0.15, -0.1) is 0 Å². The van der Waals surface area contributed by atoms with Crippen LogP contribution in [0.3, 0.4) is 0 Å². The monoisotopic (exact) mass is 498 g/mol. The van der Waals surface area contributed by atoms with Crippen molar-refractivity contribution in [1.82, 2.24) is 10.4 Å². The number of aliphatic hydroxyl groups excluding tert-OH is 4. The molecule has 3 rings (SSSR count). The number of carbonyl (C=O) groups is 2. The average Bonchev–Trinajstić information content (AvgIpc) is 2.80. The van der Waals surface area contributed by atoms with Crippen molar-refractivity contribution in [3.8, 4) is 0 Å². The Hall–Kier alpha value is -1.02. The highest BCUT2D eigenvalue weighted by atomic mass is 31.2. The van der Waals surface area contributed by atoms with Gasteiger partial charge in [-0.25, -0.2) is 19.1 Å². The van der Waals surface area contributed by atoms with Gasteiger partial charge in [-0.2, -0.15) is 0 Å². The molecule has 1 unspecified atom stereocenters. The molecule has 3 fully saturated rings. The second-order valence-electron chi connectivity index (χ2n) is 8.40. The molecule has 14 heteroatoms. The summed E-state index contributed by atoms with van der Waals surface area (Å²) in [6.07, 6.45) is -4.29. The standard InChI is InChI=1S/C19H32FN2O10P/c1-21-10-5-2-3-6-11(10)22-33-31-17(27)19(20,18(28)32-33)7-4-8-29-16-15(26)14(25)13(24)12(9-23)30-16/h10-16,21-26H,2-9H2,1H3/t10-,11-,12-,13-,14+,15+,16?,19?,33?/m1/s1. The van der Waals surface area contributed by atoms with Crippen LogP contribution in [0.1, 0.15) is 38.5 Å². The summed E-state index contributed by atoms with van der Waals surface area (Å²) in [5, 5.41) is 44.8. The van der Waals surface area contributed by atoms with Gasteiger partial charge in [-0.05, 0) is 26.3 Å². The van der Waals surface area contributed by atoms with E-state index in [1.807, 2.05) is 7.05 Å². The second-order valence-corrected chi connectivity index (χ2v) is 9.54. The van der Waals surface area contributed by atoms with Gasteiger partial charge < -0.3 is 44.3 Å². The zero-order valence-corrected chi connectivity index (χ0v) is 19.2. The van der Waals surface area contributed by atoms with E-state index in [1.165, 1.54) is 0 Å². The molecule has 2 saturated heterocycles. The molecule has 2 heterocycles. The number of carbonyl (C=O) groups excluding carboxylic acids is 2. The molecule has 2 aliphatic heterocycles. The topological polar surface area (TPSA) is 176 Å². The highest BCUT2D eigenvalue weighted by Crippen LogP contribution is 2.45. The Bertz CT molecular complexity index is 671. The zero-order valence-electron chi connectivity index (χ0n) is 18.3. The van der Waals surface area contributed by atoms with Crippen molar-refractivity contribution in [3.63, 3.8) is 0 Å². The van der Waals surface area contributed by atoms with Crippen molar-refractivity contribution < 1.29 is 52.9 Å². The van der Waals surface area contributed by atoms with Gasteiger partial charge in [0.05, 0.1) is 13.2 Å². The van der Waals surface area contributed by atoms with E-state index in [9.17, 15) is 30.0 Å². The molecule has 0 aromatic carbocycles. The van der Waals surface area contributed by atoms with E-state index in [0.717, 1.165) is 25.7 Å². The van der Waals surface area contributed by atoms with Crippen LogP contribution < -0.4 is 10.4 Å². The zero-order chi connectivity index (χ0) is 24.2. The Morgan fingerprint density at radius 1 is 1.09 bits per heavy atom. The SMILES string of the molecule is CN[C@@H]1CCCC[C@H]1NP1OC(=O)C(F)(CCCOC2O[C@H](CO)[C@@H](O)[C@H](O)[C@@H]2O)C(=O)O1. The van der Waals surface area contributed by atoms with Gasteiger partial charge in [0.1, 0.15) is 24.4 Å². The summed E-state index contributed by atoms with van der Waals surface area (Å²) in [5.41, 5.74) is -2.99. The van der Waals surface area contributed by atoms with Crippen molar-refractivity contribution in [2.75, 3.05) is 20.3 Å². The first kappa shape index (κ1) is 26.6. The highest BCUT2D eigenvalue weighted by Gasteiger charge is 2.56. The lowest BCUT2D eigenvalue weighted by Gasteiger charge is -2.39. The third-order valence-corrected chi connectivity index (χ3v) is 7.39. The minimum Gasteiger partial charge on any atom is -0.394 e. The number of hydrogen-bond acceptors (Lipinski definition) is 12. The van der Waals surface area contributed by atoms with E-state index >= 15 is 4.39 Å². The van der Waals surface area contributed by atoms with Crippen LogP contribution in [0.2, 0.25) is 0 Å². The lowest BCUT2D eigenvalue weighted by Crippen LogP contribution is -2.59. The van der Waals surface area contributed by atoms with Crippen LogP contribution in [0.25, 0.3) is 0 Å². The molecule has 1 aliphatic carbocycles. The summed E-state index contributed by atoms with van der Waals surface area (Å²) in [7, 11) is -0.289. The maximum Gasteiger partial charge on any atom is 0.386 e. The third kappa shape index (κ3) is 5.98. The van der Waals surface area contributed by atoms with E-state index < -0.39 is 69.9 Å². The van der Waals surface area contributed by atoms with Gasteiger partial charge >= 0.3 is 26.1 Å². The highest BCUT2D eigenvalue weighted by molar-refractivity contribution is 7.46. The first-order chi connectivity index (χ1) is 15.7. The fraction of sp³-hybridized carbons (Fsp3) is 0.895. The predicted molar refractivity (Wildman–Crippen MR) is 110 cm³/mol. The van der Waals surface area contributed by atoms with Gasteiger partial charge in [0.15, 0.2) is 6.29 Å². The number of alkyl halides is 1. The molecule has 0 bridgehead atoms. The Morgan fingerprint density at radius 2 is 1.73 bits per heavy atom. The number of likely N-dealkylation sites (N-methyl/N-ethyl adjacent to an activating group) is 1. The first-order valence-electron chi connectivity index (χ1n) is 11.0. The Morgan fingerprint density at radius 3 is 2.33 bits per heavy atom. The Balaban J connectivity index is 1.47. The number of ether oxygens (including phenoxy) is 2. The molecule has 0 aromatic rings. The normalized spacial score (nSPS) is 42.0. The Kier molecular flexibility index (Phi) is 9.35. The van der Waals surface area contributed by atoms with Crippen molar-refractivity contribution in [2.24, 2.45) is 0 Å². The maximum absolute atomic E-state index is 15.1. The smallest absolute Gasteiger partial charge is 0.386 e. The molecule has 6 N–H and O–H groups in total. The van der Waals surface area contributed by atoms with Crippen molar-refractivity contribution in [2.45, 2.75) is 87.0 Å². The molecule has 12 nitrogen and oxygen atoms in total. The largest absolute Gasteiger partial charge is 0.394 e. The van der Waals surface area contributed by atoms with Crippen molar-refractivity contribution >= 4 is 20.5 Å².